The Bertz CT molecular complexity index is 1170. The summed E-state index contributed by atoms with van der Waals surface area (Å²) >= 11 is 4.74. The first kappa shape index (κ1) is 22.8. The Labute approximate surface area is 200 Å². The third kappa shape index (κ3) is 5.51. The number of fused-ring (bicyclic) bond motifs is 1. The number of hydrogen-bond donors (Lipinski definition) is 1. The van der Waals surface area contributed by atoms with Gasteiger partial charge in [0.2, 0.25) is 5.91 Å². The standard InChI is InChI=1S/C23H25N5OS3/c1-4-23(2,3)25-20(29)15-30-21-27-26-19(28(21)16-10-6-5-7-11-16)14-31-22-24-17-12-8-9-13-18(17)32-22/h5-13H,4,14-15H2,1-3H3,(H,25,29). The van der Waals surface area contributed by atoms with Crippen LogP contribution in [0.3, 0.4) is 0 Å². The second-order valence-corrected chi connectivity index (χ2v) is 11.1. The summed E-state index contributed by atoms with van der Waals surface area (Å²) in [5.74, 6) is 1.75. The van der Waals surface area contributed by atoms with Gasteiger partial charge in [-0.25, -0.2) is 4.98 Å². The number of carbonyl (C=O) groups excluding carboxylic acids is 1. The minimum absolute atomic E-state index is 0.00476. The molecular weight excluding hydrogens is 458 g/mol. The van der Waals surface area contributed by atoms with Crippen LogP contribution in [-0.4, -0.2) is 36.9 Å². The van der Waals surface area contributed by atoms with E-state index in [0.29, 0.717) is 16.7 Å². The fraction of sp³-hybridized carbons (Fsp3) is 0.304. The Morgan fingerprint density at radius 1 is 1.06 bits per heavy atom. The highest BCUT2D eigenvalue weighted by Gasteiger charge is 2.20. The van der Waals surface area contributed by atoms with Gasteiger partial charge in [-0.1, -0.05) is 60.8 Å². The zero-order valence-corrected chi connectivity index (χ0v) is 20.7. The number of benzene rings is 2. The van der Waals surface area contributed by atoms with Crippen molar-refractivity contribution in [3.63, 3.8) is 0 Å². The van der Waals surface area contributed by atoms with Crippen LogP contribution in [0.2, 0.25) is 0 Å². The first-order valence-electron chi connectivity index (χ1n) is 10.4. The van der Waals surface area contributed by atoms with E-state index >= 15 is 0 Å². The molecule has 4 rings (SSSR count). The topological polar surface area (TPSA) is 72.7 Å². The maximum absolute atomic E-state index is 12.4. The number of aromatic nitrogens is 4. The van der Waals surface area contributed by atoms with E-state index in [1.54, 1.807) is 23.1 Å². The summed E-state index contributed by atoms with van der Waals surface area (Å²) in [5.41, 5.74) is 1.78. The maximum atomic E-state index is 12.4. The van der Waals surface area contributed by atoms with Crippen LogP contribution in [0.4, 0.5) is 0 Å². The summed E-state index contributed by atoms with van der Waals surface area (Å²) in [5, 5.41) is 12.6. The molecule has 0 aliphatic carbocycles. The molecule has 0 saturated carbocycles. The van der Waals surface area contributed by atoms with E-state index in [2.05, 4.69) is 28.5 Å². The molecule has 0 spiro atoms. The number of nitrogens with one attached hydrogen (secondary N) is 1. The van der Waals surface area contributed by atoms with Crippen LogP contribution >= 0.6 is 34.9 Å². The Morgan fingerprint density at radius 2 is 1.81 bits per heavy atom. The largest absolute Gasteiger partial charge is 0.351 e. The van der Waals surface area contributed by atoms with E-state index < -0.39 is 0 Å². The van der Waals surface area contributed by atoms with Crippen LogP contribution in [0.15, 0.2) is 64.1 Å². The molecular formula is C23H25N5OS3. The van der Waals surface area contributed by atoms with Gasteiger partial charge >= 0.3 is 0 Å². The summed E-state index contributed by atoms with van der Waals surface area (Å²) in [6, 6.07) is 18.2. The number of hydrogen-bond acceptors (Lipinski definition) is 7. The first-order valence-corrected chi connectivity index (χ1v) is 13.2. The first-order chi connectivity index (χ1) is 15.4. The third-order valence-electron chi connectivity index (χ3n) is 5.01. The molecule has 6 nitrogen and oxygen atoms in total. The SMILES string of the molecule is CCC(C)(C)NC(=O)CSc1nnc(CSc2nc3ccccc3s2)n1-c1ccccc1. The lowest BCUT2D eigenvalue weighted by molar-refractivity contribution is -0.120. The molecule has 0 bridgehead atoms. The molecule has 2 aromatic carbocycles. The molecule has 0 fully saturated rings. The van der Waals surface area contributed by atoms with Gasteiger partial charge in [-0.05, 0) is 44.5 Å². The van der Waals surface area contributed by atoms with Crippen molar-refractivity contribution in [3.05, 3.63) is 60.4 Å². The van der Waals surface area contributed by atoms with E-state index in [4.69, 9.17) is 4.98 Å². The van der Waals surface area contributed by atoms with Crippen molar-refractivity contribution < 1.29 is 4.79 Å². The van der Waals surface area contributed by atoms with Gasteiger partial charge in [-0.2, -0.15) is 0 Å². The van der Waals surface area contributed by atoms with Crippen molar-refractivity contribution >= 4 is 51.0 Å². The number of thioether (sulfide) groups is 2. The van der Waals surface area contributed by atoms with Gasteiger partial charge in [0.25, 0.3) is 0 Å². The Balaban J connectivity index is 1.52. The number of para-hydroxylation sites is 2. The van der Waals surface area contributed by atoms with Crippen LogP contribution in [0.1, 0.15) is 33.0 Å². The number of carbonyl (C=O) groups is 1. The molecule has 166 valence electrons. The highest BCUT2D eigenvalue weighted by Crippen LogP contribution is 2.32. The van der Waals surface area contributed by atoms with Crippen LogP contribution in [0.25, 0.3) is 15.9 Å². The average Bonchev–Trinajstić information content (AvgIpc) is 3.40. The van der Waals surface area contributed by atoms with Gasteiger partial charge in [0.1, 0.15) is 5.82 Å². The molecule has 0 aliphatic heterocycles. The van der Waals surface area contributed by atoms with Crippen molar-refractivity contribution in [1.82, 2.24) is 25.1 Å². The molecule has 4 aromatic rings. The Hall–Kier alpha value is -2.36. The highest BCUT2D eigenvalue weighted by molar-refractivity contribution is 8.00. The van der Waals surface area contributed by atoms with Gasteiger partial charge < -0.3 is 5.32 Å². The molecule has 1 amide bonds. The summed E-state index contributed by atoms with van der Waals surface area (Å²) in [6.07, 6.45) is 0.872. The number of thiazole rings is 1. The van der Waals surface area contributed by atoms with E-state index in [1.165, 1.54) is 16.5 Å². The summed E-state index contributed by atoms with van der Waals surface area (Å²) < 4.78 is 4.21. The fourth-order valence-corrected chi connectivity index (χ4v) is 5.75. The predicted molar refractivity (Wildman–Crippen MR) is 134 cm³/mol. The Kier molecular flexibility index (Phi) is 7.17. The average molecular weight is 484 g/mol. The molecule has 0 aliphatic rings. The van der Waals surface area contributed by atoms with Crippen LogP contribution in [0, 0.1) is 0 Å². The molecule has 2 aromatic heterocycles. The van der Waals surface area contributed by atoms with Gasteiger partial charge in [-0.15, -0.1) is 21.5 Å². The van der Waals surface area contributed by atoms with E-state index in [9.17, 15) is 4.79 Å². The lowest BCUT2D eigenvalue weighted by Crippen LogP contribution is -2.43. The van der Waals surface area contributed by atoms with E-state index in [-0.39, 0.29) is 11.4 Å². The van der Waals surface area contributed by atoms with Crippen molar-refractivity contribution in [2.45, 2.75) is 48.0 Å². The molecule has 0 radical (unpaired) electrons. The predicted octanol–water partition coefficient (Wildman–Crippen LogP) is 5.57. The third-order valence-corrected chi connectivity index (χ3v) is 8.11. The molecule has 2 heterocycles. The zero-order chi connectivity index (χ0) is 22.6. The number of amides is 1. The molecule has 0 atom stereocenters. The number of rotatable bonds is 9. The second kappa shape index (κ2) is 10.1. The number of nitrogens with zero attached hydrogens (tertiary/aromatic N) is 4. The molecule has 0 unspecified atom stereocenters. The van der Waals surface area contributed by atoms with E-state index in [1.807, 2.05) is 66.9 Å². The normalized spacial score (nSPS) is 11.7. The lowest BCUT2D eigenvalue weighted by atomic mass is 10.0. The van der Waals surface area contributed by atoms with E-state index in [0.717, 1.165) is 27.8 Å². The van der Waals surface area contributed by atoms with Crippen LogP contribution in [-0.2, 0) is 10.5 Å². The van der Waals surface area contributed by atoms with Crippen molar-refractivity contribution in [2.24, 2.45) is 0 Å². The van der Waals surface area contributed by atoms with Crippen molar-refractivity contribution in [3.8, 4) is 5.69 Å². The highest BCUT2D eigenvalue weighted by atomic mass is 32.2. The minimum atomic E-state index is -0.218. The van der Waals surface area contributed by atoms with Gasteiger partial charge in [0.05, 0.1) is 21.7 Å². The van der Waals surface area contributed by atoms with Gasteiger partial charge in [0.15, 0.2) is 9.50 Å². The summed E-state index contributed by atoms with van der Waals surface area (Å²) in [7, 11) is 0. The molecule has 0 saturated heterocycles. The summed E-state index contributed by atoms with van der Waals surface area (Å²) in [4.78, 5) is 17.1. The monoisotopic (exact) mass is 483 g/mol. The van der Waals surface area contributed by atoms with Crippen LogP contribution in [0.5, 0.6) is 0 Å². The Morgan fingerprint density at radius 3 is 2.56 bits per heavy atom. The van der Waals surface area contributed by atoms with Crippen molar-refractivity contribution in [2.75, 3.05) is 5.75 Å². The van der Waals surface area contributed by atoms with Gasteiger partial charge in [0, 0.05) is 11.2 Å². The lowest BCUT2D eigenvalue weighted by Gasteiger charge is -2.24. The fourth-order valence-electron chi connectivity index (χ4n) is 2.99. The minimum Gasteiger partial charge on any atom is -0.351 e. The molecule has 9 heteroatoms. The summed E-state index contributed by atoms with van der Waals surface area (Å²) in [6.45, 7) is 6.12. The smallest absolute Gasteiger partial charge is 0.230 e. The van der Waals surface area contributed by atoms with Gasteiger partial charge in [-0.3, -0.25) is 9.36 Å². The van der Waals surface area contributed by atoms with Crippen LogP contribution < -0.4 is 5.32 Å². The second-order valence-electron chi connectivity index (χ2n) is 7.88. The quantitative estimate of drug-likeness (QED) is 0.314. The molecule has 1 N–H and O–H groups in total. The van der Waals surface area contributed by atoms with Crippen molar-refractivity contribution in [1.29, 1.82) is 0 Å². The maximum Gasteiger partial charge on any atom is 0.230 e. The zero-order valence-electron chi connectivity index (χ0n) is 18.2. The molecule has 32 heavy (non-hydrogen) atoms.